The van der Waals surface area contributed by atoms with Gasteiger partial charge in [-0.05, 0) is 42.0 Å². The molecule has 1 aliphatic heterocycles. The van der Waals surface area contributed by atoms with E-state index in [0.29, 0.717) is 46.1 Å². The smallest absolute Gasteiger partial charge is 0.141 e. The minimum Gasteiger partial charge on any atom is -0.394 e. The van der Waals surface area contributed by atoms with Crippen LogP contribution in [0.15, 0.2) is 73.0 Å². The zero-order valence-electron chi connectivity index (χ0n) is 21.5. The van der Waals surface area contributed by atoms with Crippen molar-refractivity contribution in [1.29, 1.82) is 5.26 Å². The van der Waals surface area contributed by atoms with Crippen LogP contribution in [0.2, 0.25) is 10.0 Å². The van der Waals surface area contributed by atoms with Gasteiger partial charge in [0.1, 0.15) is 11.9 Å². The lowest BCUT2D eigenvalue weighted by Gasteiger charge is -2.22. The van der Waals surface area contributed by atoms with Gasteiger partial charge in [-0.25, -0.2) is 4.39 Å². The monoisotopic (exact) mass is 594 g/mol. The summed E-state index contributed by atoms with van der Waals surface area (Å²) in [6.07, 6.45) is 6.80. The van der Waals surface area contributed by atoms with Crippen molar-refractivity contribution in [1.82, 2.24) is 25.9 Å². The molecule has 5 N–H and O–H groups in total. The molecule has 1 atom stereocenters. The summed E-state index contributed by atoms with van der Waals surface area (Å²) < 4.78 is 19.1. The van der Waals surface area contributed by atoms with Crippen LogP contribution in [-0.4, -0.2) is 46.4 Å². The predicted octanol–water partition coefficient (Wildman–Crippen LogP) is 5.02. The van der Waals surface area contributed by atoms with Gasteiger partial charge in [0, 0.05) is 41.6 Å². The summed E-state index contributed by atoms with van der Waals surface area (Å²) in [5.41, 5.74) is 10.3. The highest BCUT2D eigenvalue weighted by molar-refractivity contribution is 6.36. The van der Waals surface area contributed by atoms with Gasteiger partial charge in [-0.1, -0.05) is 29.3 Å². The lowest BCUT2D eigenvalue weighted by atomic mass is 10.0. The van der Waals surface area contributed by atoms with Gasteiger partial charge >= 0.3 is 0 Å². The SMILES string of the molecule is N#Cc1cnc2c(Cl)cc(N[C@H](C3=CN(CCOCCO)NN3)c3cccnc3)cc2c1Nc1ccc(F)c(Cl)c1. The quantitative estimate of drug-likeness (QED) is 0.151. The van der Waals surface area contributed by atoms with E-state index < -0.39 is 5.82 Å². The summed E-state index contributed by atoms with van der Waals surface area (Å²) in [5, 5.41) is 28.2. The maximum absolute atomic E-state index is 13.8. The van der Waals surface area contributed by atoms with Crippen LogP contribution in [0.4, 0.5) is 21.5 Å². The van der Waals surface area contributed by atoms with Crippen LogP contribution in [-0.2, 0) is 4.74 Å². The Bertz CT molecular complexity index is 1620. The number of ether oxygens (including phenoxy) is 1. The molecule has 0 saturated carbocycles. The van der Waals surface area contributed by atoms with Gasteiger partial charge in [0.2, 0.25) is 0 Å². The maximum atomic E-state index is 13.8. The van der Waals surface area contributed by atoms with Gasteiger partial charge in [0.05, 0.1) is 64.9 Å². The van der Waals surface area contributed by atoms with E-state index in [2.05, 4.69) is 37.6 Å². The number of halogens is 3. The van der Waals surface area contributed by atoms with E-state index in [1.54, 1.807) is 18.5 Å². The number of anilines is 3. The third-order valence-electron chi connectivity index (χ3n) is 6.22. The Balaban J connectivity index is 1.50. The highest BCUT2D eigenvalue weighted by atomic mass is 35.5. The molecular formula is C28H25Cl2FN8O2. The molecule has 0 amide bonds. The first-order valence-electron chi connectivity index (χ1n) is 12.6. The number of pyridine rings is 2. The summed E-state index contributed by atoms with van der Waals surface area (Å²) in [5.74, 6) is -0.547. The number of nitrogens with one attached hydrogen (secondary N) is 4. The van der Waals surface area contributed by atoms with E-state index in [9.17, 15) is 9.65 Å². The molecule has 0 spiro atoms. The second-order valence-electron chi connectivity index (χ2n) is 8.98. The first-order valence-corrected chi connectivity index (χ1v) is 13.3. The Labute approximate surface area is 245 Å². The van der Waals surface area contributed by atoms with E-state index in [4.69, 9.17) is 33.0 Å². The first kappa shape index (κ1) is 28.4. The molecule has 0 bridgehead atoms. The molecular weight excluding hydrogens is 570 g/mol. The van der Waals surface area contributed by atoms with Crippen molar-refractivity contribution in [3.05, 3.63) is 99.9 Å². The number of aliphatic hydroxyl groups is 1. The third-order valence-corrected chi connectivity index (χ3v) is 6.80. The van der Waals surface area contributed by atoms with Crippen molar-refractivity contribution in [3.8, 4) is 6.07 Å². The second kappa shape index (κ2) is 13.0. The number of nitriles is 1. The molecule has 210 valence electrons. The van der Waals surface area contributed by atoms with Crippen LogP contribution in [0.25, 0.3) is 10.9 Å². The molecule has 0 aliphatic carbocycles. The lowest BCUT2D eigenvalue weighted by Crippen LogP contribution is -2.39. The number of hydrogen-bond acceptors (Lipinski definition) is 10. The molecule has 0 radical (unpaired) electrons. The fourth-order valence-electron chi connectivity index (χ4n) is 4.30. The number of aromatic nitrogens is 2. The fourth-order valence-corrected chi connectivity index (χ4v) is 4.75. The highest BCUT2D eigenvalue weighted by Crippen LogP contribution is 2.37. The number of nitrogens with zero attached hydrogens (tertiary/aromatic N) is 4. The summed E-state index contributed by atoms with van der Waals surface area (Å²) in [4.78, 5) is 8.69. The Kier molecular flexibility index (Phi) is 8.98. The normalized spacial score (nSPS) is 13.4. The zero-order chi connectivity index (χ0) is 28.8. The third kappa shape index (κ3) is 6.59. The maximum Gasteiger partial charge on any atom is 0.141 e. The molecule has 3 heterocycles. The number of aliphatic hydroxyl groups excluding tert-OH is 1. The Morgan fingerprint density at radius 3 is 2.73 bits per heavy atom. The molecule has 5 rings (SSSR count). The van der Waals surface area contributed by atoms with Crippen LogP contribution in [0.5, 0.6) is 0 Å². The number of hydrogen-bond donors (Lipinski definition) is 5. The molecule has 2 aromatic carbocycles. The van der Waals surface area contributed by atoms with Crippen molar-refractivity contribution in [3.63, 3.8) is 0 Å². The minimum absolute atomic E-state index is 0.0334. The van der Waals surface area contributed by atoms with Gasteiger partial charge in [0.15, 0.2) is 0 Å². The van der Waals surface area contributed by atoms with Crippen LogP contribution in [0, 0.1) is 17.1 Å². The Morgan fingerprint density at radius 2 is 1.98 bits per heavy atom. The minimum atomic E-state index is -0.547. The van der Waals surface area contributed by atoms with Crippen LogP contribution >= 0.6 is 23.2 Å². The van der Waals surface area contributed by atoms with Crippen molar-refractivity contribution >= 4 is 51.2 Å². The molecule has 0 unspecified atom stereocenters. The molecule has 2 aromatic heterocycles. The van der Waals surface area contributed by atoms with Gasteiger partial charge in [-0.2, -0.15) is 5.26 Å². The molecule has 1 aliphatic rings. The standard InChI is InChI=1S/C28H25Cl2FN8O2/c29-22-11-19(3-4-24(22)31)35-26-18(13-32)15-34-28-21(26)10-20(12-23(28)30)36-27(17-2-1-5-33-14-17)25-16-39(38-37-25)6-8-41-9-7-40/h1-5,10-12,14-16,27,36-38,40H,6-9H2,(H,34,35)/t27-/m0/s1. The summed E-state index contributed by atoms with van der Waals surface area (Å²) >= 11 is 12.7. The number of fused-ring (bicyclic) bond motifs is 1. The average Bonchev–Trinajstić information content (AvgIpc) is 3.45. The van der Waals surface area contributed by atoms with Crippen molar-refractivity contribution in [2.24, 2.45) is 0 Å². The van der Waals surface area contributed by atoms with Gasteiger partial charge < -0.3 is 25.9 Å². The topological polar surface area (TPSA) is 130 Å². The van der Waals surface area contributed by atoms with Crippen molar-refractivity contribution in [2.75, 3.05) is 37.0 Å². The summed E-state index contributed by atoms with van der Waals surface area (Å²) in [6.45, 7) is 1.21. The molecule has 0 saturated heterocycles. The highest BCUT2D eigenvalue weighted by Gasteiger charge is 2.23. The molecule has 10 nitrogen and oxygen atoms in total. The molecule has 4 aromatic rings. The fraction of sp³-hybridized carbons (Fsp3) is 0.179. The molecule has 13 heteroatoms. The molecule has 0 fully saturated rings. The number of hydrazine groups is 2. The van der Waals surface area contributed by atoms with Crippen LogP contribution in [0.3, 0.4) is 0 Å². The van der Waals surface area contributed by atoms with E-state index >= 15 is 0 Å². The predicted molar refractivity (Wildman–Crippen MR) is 156 cm³/mol. The van der Waals surface area contributed by atoms with E-state index in [0.717, 1.165) is 11.3 Å². The van der Waals surface area contributed by atoms with Gasteiger partial charge in [0.25, 0.3) is 0 Å². The van der Waals surface area contributed by atoms with Crippen LogP contribution in [0.1, 0.15) is 17.2 Å². The van der Waals surface area contributed by atoms with E-state index in [-0.39, 0.29) is 29.8 Å². The van der Waals surface area contributed by atoms with Crippen molar-refractivity contribution < 1.29 is 14.2 Å². The van der Waals surface area contributed by atoms with E-state index in [1.807, 2.05) is 29.4 Å². The second-order valence-corrected chi connectivity index (χ2v) is 9.80. The molecule has 41 heavy (non-hydrogen) atoms. The number of rotatable bonds is 11. The number of benzene rings is 2. The van der Waals surface area contributed by atoms with Crippen LogP contribution < -0.4 is 21.6 Å². The van der Waals surface area contributed by atoms with Gasteiger partial charge in [-0.15, -0.1) is 5.53 Å². The summed E-state index contributed by atoms with van der Waals surface area (Å²) in [7, 11) is 0. The Hall–Kier alpha value is -4.18. The lowest BCUT2D eigenvalue weighted by molar-refractivity contribution is 0.0739. The Morgan fingerprint density at radius 1 is 1.12 bits per heavy atom. The van der Waals surface area contributed by atoms with Gasteiger partial charge in [-0.3, -0.25) is 15.0 Å². The van der Waals surface area contributed by atoms with Crippen molar-refractivity contribution in [2.45, 2.75) is 6.04 Å². The average molecular weight is 595 g/mol. The zero-order valence-corrected chi connectivity index (χ0v) is 23.0. The largest absolute Gasteiger partial charge is 0.394 e. The summed E-state index contributed by atoms with van der Waals surface area (Å²) in [6, 6.07) is 13.4. The van der Waals surface area contributed by atoms with E-state index in [1.165, 1.54) is 24.4 Å². The first-order chi connectivity index (χ1) is 20.0.